The first kappa shape index (κ1) is 21.5. The average molecular weight is 444 g/mol. The lowest BCUT2D eigenvalue weighted by molar-refractivity contribution is 0.0977. The molecule has 5 nitrogen and oxygen atoms in total. The standard InChI is InChI=1S/C26H22ClN3O2/c1-18-12-14-21(15-13-18)29(17-20-8-4-3-5-9-20)26(32)25-24(31)16-19(2)30(28-25)23-11-7-6-10-22(23)27/h3-16H,17H2,1-2H3. The van der Waals surface area contributed by atoms with Gasteiger partial charge in [0.25, 0.3) is 5.91 Å². The summed E-state index contributed by atoms with van der Waals surface area (Å²) >= 11 is 6.35. The second-order valence-electron chi connectivity index (χ2n) is 7.57. The van der Waals surface area contributed by atoms with Crippen molar-refractivity contribution in [2.75, 3.05) is 4.90 Å². The second-order valence-corrected chi connectivity index (χ2v) is 7.98. The van der Waals surface area contributed by atoms with E-state index in [-0.39, 0.29) is 5.69 Å². The lowest BCUT2D eigenvalue weighted by Crippen LogP contribution is -2.36. The Balaban J connectivity index is 1.81. The van der Waals surface area contributed by atoms with E-state index in [0.717, 1.165) is 11.1 Å². The van der Waals surface area contributed by atoms with Crippen molar-refractivity contribution in [1.82, 2.24) is 9.78 Å². The highest BCUT2D eigenvalue weighted by Gasteiger charge is 2.24. The van der Waals surface area contributed by atoms with E-state index in [0.29, 0.717) is 28.6 Å². The van der Waals surface area contributed by atoms with Crippen LogP contribution in [0.1, 0.15) is 27.3 Å². The van der Waals surface area contributed by atoms with Gasteiger partial charge in [-0.15, -0.1) is 0 Å². The summed E-state index contributed by atoms with van der Waals surface area (Å²) in [6.45, 7) is 4.05. The molecule has 0 aliphatic heterocycles. The molecule has 0 N–H and O–H groups in total. The van der Waals surface area contributed by atoms with E-state index in [2.05, 4.69) is 5.10 Å². The van der Waals surface area contributed by atoms with Gasteiger partial charge in [0.1, 0.15) is 0 Å². The Kier molecular flexibility index (Phi) is 6.19. The number of hydrogen-bond donors (Lipinski definition) is 0. The zero-order chi connectivity index (χ0) is 22.7. The SMILES string of the molecule is Cc1ccc(N(Cc2ccccc2)C(=O)c2nn(-c3ccccc3Cl)c(C)cc2=O)cc1. The van der Waals surface area contributed by atoms with Gasteiger partial charge in [-0.25, -0.2) is 4.68 Å². The lowest BCUT2D eigenvalue weighted by Gasteiger charge is -2.23. The van der Waals surface area contributed by atoms with E-state index in [1.165, 1.54) is 10.7 Å². The molecule has 32 heavy (non-hydrogen) atoms. The van der Waals surface area contributed by atoms with Gasteiger partial charge >= 0.3 is 0 Å². The summed E-state index contributed by atoms with van der Waals surface area (Å²) in [7, 11) is 0. The van der Waals surface area contributed by atoms with Gasteiger partial charge in [0, 0.05) is 17.4 Å². The number of anilines is 1. The molecule has 3 aromatic carbocycles. The quantitative estimate of drug-likeness (QED) is 0.417. The molecule has 1 amide bonds. The number of halogens is 1. The lowest BCUT2D eigenvalue weighted by atomic mass is 10.1. The topological polar surface area (TPSA) is 55.2 Å². The third-order valence-electron chi connectivity index (χ3n) is 5.16. The summed E-state index contributed by atoms with van der Waals surface area (Å²) in [6.07, 6.45) is 0. The molecule has 160 valence electrons. The Morgan fingerprint density at radius 3 is 2.28 bits per heavy atom. The summed E-state index contributed by atoms with van der Waals surface area (Å²) in [5, 5.41) is 4.91. The van der Waals surface area contributed by atoms with Crippen LogP contribution >= 0.6 is 11.6 Å². The van der Waals surface area contributed by atoms with Crippen LogP contribution < -0.4 is 10.3 Å². The smallest absolute Gasteiger partial charge is 0.283 e. The number of aromatic nitrogens is 2. The Bertz CT molecular complexity index is 1320. The fraction of sp³-hybridized carbons (Fsp3) is 0.115. The van der Waals surface area contributed by atoms with Crippen LogP contribution in [-0.2, 0) is 6.54 Å². The molecule has 0 bridgehead atoms. The predicted octanol–water partition coefficient (Wildman–Crippen LogP) is 5.35. The van der Waals surface area contributed by atoms with Gasteiger partial charge in [-0.2, -0.15) is 5.10 Å². The van der Waals surface area contributed by atoms with Crippen molar-refractivity contribution in [3.8, 4) is 5.69 Å². The van der Waals surface area contributed by atoms with Crippen LogP contribution in [0.4, 0.5) is 5.69 Å². The zero-order valence-electron chi connectivity index (χ0n) is 17.8. The summed E-state index contributed by atoms with van der Waals surface area (Å²) in [6, 6.07) is 25.9. The molecule has 4 rings (SSSR count). The molecule has 0 spiro atoms. The highest BCUT2D eigenvalue weighted by molar-refractivity contribution is 6.32. The number of carbonyl (C=O) groups excluding carboxylic acids is 1. The maximum Gasteiger partial charge on any atom is 0.283 e. The largest absolute Gasteiger partial charge is 0.302 e. The minimum atomic E-state index is -0.469. The first-order valence-electron chi connectivity index (χ1n) is 10.2. The highest BCUT2D eigenvalue weighted by atomic mass is 35.5. The third-order valence-corrected chi connectivity index (χ3v) is 5.48. The number of carbonyl (C=O) groups is 1. The van der Waals surface area contributed by atoms with E-state index < -0.39 is 11.3 Å². The summed E-state index contributed by atoms with van der Waals surface area (Å²) in [4.78, 5) is 28.1. The molecule has 0 aliphatic rings. The van der Waals surface area contributed by atoms with Gasteiger partial charge in [0.15, 0.2) is 5.69 Å². The van der Waals surface area contributed by atoms with Crippen LogP contribution in [0.3, 0.4) is 0 Å². The predicted molar refractivity (Wildman–Crippen MR) is 128 cm³/mol. The molecule has 0 unspecified atom stereocenters. The number of nitrogens with zero attached hydrogens (tertiary/aromatic N) is 3. The number of amides is 1. The fourth-order valence-electron chi connectivity index (χ4n) is 3.46. The molecule has 0 atom stereocenters. The molecule has 0 radical (unpaired) electrons. The molecule has 0 saturated carbocycles. The molecular weight excluding hydrogens is 422 g/mol. The van der Waals surface area contributed by atoms with Crippen molar-refractivity contribution in [3.63, 3.8) is 0 Å². The van der Waals surface area contributed by atoms with Crippen molar-refractivity contribution in [2.24, 2.45) is 0 Å². The van der Waals surface area contributed by atoms with Crippen LogP contribution in [0.2, 0.25) is 5.02 Å². The Hall–Kier alpha value is -3.70. The first-order chi connectivity index (χ1) is 15.4. The van der Waals surface area contributed by atoms with Gasteiger partial charge in [-0.3, -0.25) is 9.59 Å². The first-order valence-corrected chi connectivity index (χ1v) is 10.6. The van der Waals surface area contributed by atoms with Crippen LogP contribution in [0.25, 0.3) is 5.69 Å². The van der Waals surface area contributed by atoms with Crippen LogP contribution in [-0.4, -0.2) is 15.7 Å². The zero-order valence-corrected chi connectivity index (χ0v) is 18.6. The molecule has 4 aromatic rings. The van der Waals surface area contributed by atoms with Gasteiger partial charge in [-0.1, -0.05) is 71.8 Å². The van der Waals surface area contributed by atoms with Crippen LogP contribution in [0, 0.1) is 13.8 Å². The van der Waals surface area contributed by atoms with E-state index >= 15 is 0 Å². The molecule has 1 aromatic heterocycles. The number of hydrogen-bond acceptors (Lipinski definition) is 3. The summed E-state index contributed by atoms with van der Waals surface area (Å²) < 4.78 is 1.53. The van der Waals surface area contributed by atoms with Gasteiger partial charge in [0.05, 0.1) is 17.3 Å². The number of para-hydroxylation sites is 1. The molecule has 0 fully saturated rings. The minimum absolute atomic E-state index is 0.160. The third kappa shape index (κ3) is 4.48. The maximum atomic E-state index is 13.7. The van der Waals surface area contributed by atoms with Crippen molar-refractivity contribution in [1.29, 1.82) is 0 Å². The molecular formula is C26H22ClN3O2. The van der Waals surface area contributed by atoms with Crippen molar-refractivity contribution in [2.45, 2.75) is 20.4 Å². The summed E-state index contributed by atoms with van der Waals surface area (Å²) in [5.74, 6) is -0.469. The monoisotopic (exact) mass is 443 g/mol. The van der Waals surface area contributed by atoms with E-state index in [9.17, 15) is 9.59 Å². The fourth-order valence-corrected chi connectivity index (χ4v) is 3.68. The highest BCUT2D eigenvalue weighted by Crippen LogP contribution is 2.22. The molecule has 1 heterocycles. The molecule has 0 aliphatic carbocycles. The Morgan fingerprint density at radius 2 is 1.59 bits per heavy atom. The van der Waals surface area contributed by atoms with Crippen LogP contribution in [0.15, 0.2) is 89.7 Å². The van der Waals surface area contributed by atoms with Crippen molar-refractivity contribution < 1.29 is 4.79 Å². The van der Waals surface area contributed by atoms with E-state index in [4.69, 9.17) is 11.6 Å². The van der Waals surface area contributed by atoms with Crippen molar-refractivity contribution >= 4 is 23.2 Å². The second kappa shape index (κ2) is 9.20. The van der Waals surface area contributed by atoms with Gasteiger partial charge in [0.2, 0.25) is 5.43 Å². The minimum Gasteiger partial charge on any atom is -0.302 e. The normalized spacial score (nSPS) is 10.7. The number of benzene rings is 3. The van der Waals surface area contributed by atoms with Gasteiger partial charge < -0.3 is 4.90 Å². The maximum absolute atomic E-state index is 13.7. The molecule has 0 saturated heterocycles. The van der Waals surface area contributed by atoms with E-state index in [1.807, 2.05) is 73.7 Å². The average Bonchev–Trinajstić information content (AvgIpc) is 2.79. The Morgan fingerprint density at radius 1 is 0.938 bits per heavy atom. The number of aryl methyl sites for hydroxylation is 2. The molecule has 6 heteroatoms. The Labute approximate surface area is 191 Å². The van der Waals surface area contributed by atoms with Gasteiger partial charge in [-0.05, 0) is 43.7 Å². The van der Waals surface area contributed by atoms with E-state index in [1.54, 1.807) is 24.0 Å². The number of rotatable bonds is 5. The van der Waals surface area contributed by atoms with Crippen molar-refractivity contribution in [3.05, 3.63) is 123 Å². The van der Waals surface area contributed by atoms with Crippen LogP contribution in [0.5, 0.6) is 0 Å². The summed E-state index contributed by atoms with van der Waals surface area (Å²) in [5.41, 5.74) is 3.31.